The van der Waals surface area contributed by atoms with Crippen LogP contribution in [0.25, 0.3) is 0 Å². The van der Waals surface area contributed by atoms with Crippen molar-refractivity contribution in [3.05, 3.63) is 29.3 Å². The Morgan fingerprint density at radius 1 is 1.07 bits per heavy atom. The predicted molar refractivity (Wildman–Crippen MR) is 62.5 cm³/mol. The van der Waals surface area contributed by atoms with Crippen LogP contribution < -0.4 is 4.74 Å². The van der Waals surface area contributed by atoms with Crippen LogP contribution in [0.3, 0.4) is 0 Å². The fourth-order valence-corrected chi connectivity index (χ4v) is 1.34. The maximum atomic E-state index is 5.64. The summed E-state index contributed by atoms with van der Waals surface area (Å²) in [5.74, 6) is 0.968. The molecule has 0 atom stereocenters. The van der Waals surface area contributed by atoms with Gasteiger partial charge in [0.05, 0.1) is 6.61 Å². The zero-order chi connectivity index (χ0) is 11.1. The largest absolute Gasteiger partial charge is 0.491 e. The minimum Gasteiger partial charge on any atom is -0.491 e. The maximum absolute atomic E-state index is 5.64. The van der Waals surface area contributed by atoms with Gasteiger partial charge in [0.15, 0.2) is 0 Å². The van der Waals surface area contributed by atoms with Crippen molar-refractivity contribution >= 4 is 0 Å². The summed E-state index contributed by atoms with van der Waals surface area (Å²) in [6.45, 7) is 8.39. The molecule has 0 fully saturated rings. The summed E-state index contributed by atoms with van der Waals surface area (Å²) >= 11 is 0. The lowest BCUT2D eigenvalue weighted by atomic mass is 10.1. The van der Waals surface area contributed by atoms with Crippen molar-refractivity contribution in [1.82, 2.24) is 0 Å². The molecule has 0 unspecified atom stereocenters. The van der Waals surface area contributed by atoms with Crippen LogP contribution in [0.5, 0.6) is 5.75 Å². The van der Waals surface area contributed by atoms with Gasteiger partial charge in [0, 0.05) is 6.61 Å². The molecule has 0 heterocycles. The highest BCUT2D eigenvalue weighted by molar-refractivity contribution is 5.38. The van der Waals surface area contributed by atoms with Crippen molar-refractivity contribution in [1.29, 1.82) is 0 Å². The van der Waals surface area contributed by atoms with E-state index in [1.54, 1.807) is 0 Å². The second-order valence-corrected chi connectivity index (χ2v) is 3.66. The van der Waals surface area contributed by atoms with Gasteiger partial charge in [0.1, 0.15) is 12.4 Å². The summed E-state index contributed by atoms with van der Waals surface area (Å²) in [5.41, 5.74) is 2.48. The molecule has 0 aliphatic rings. The van der Waals surface area contributed by atoms with Gasteiger partial charge in [-0.2, -0.15) is 0 Å². The second kappa shape index (κ2) is 6.46. The van der Waals surface area contributed by atoms with Gasteiger partial charge in [-0.25, -0.2) is 0 Å². The Kier molecular flexibility index (Phi) is 5.19. The summed E-state index contributed by atoms with van der Waals surface area (Å²) in [5, 5.41) is 0. The van der Waals surface area contributed by atoms with Gasteiger partial charge in [-0.05, 0) is 37.5 Å². The van der Waals surface area contributed by atoms with Crippen molar-refractivity contribution in [3.63, 3.8) is 0 Å². The lowest BCUT2D eigenvalue weighted by molar-refractivity contribution is 0.100. The van der Waals surface area contributed by atoms with E-state index in [9.17, 15) is 0 Å². The van der Waals surface area contributed by atoms with E-state index >= 15 is 0 Å². The van der Waals surface area contributed by atoms with Crippen LogP contribution in [0, 0.1) is 13.8 Å². The van der Waals surface area contributed by atoms with Gasteiger partial charge < -0.3 is 9.47 Å². The minimum absolute atomic E-state index is 0.629. The summed E-state index contributed by atoms with van der Waals surface area (Å²) in [7, 11) is 0. The number of hydrogen-bond acceptors (Lipinski definition) is 2. The van der Waals surface area contributed by atoms with Gasteiger partial charge >= 0.3 is 0 Å². The molecule has 0 radical (unpaired) electrons. The molecule has 2 nitrogen and oxygen atoms in total. The average Bonchev–Trinajstić information content (AvgIpc) is 2.24. The Morgan fingerprint density at radius 3 is 2.60 bits per heavy atom. The fourth-order valence-electron chi connectivity index (χ4n) is 1.34. The number of hydrogen-bond donors (Lipinski definition) is 0. The molecule has 0 bridgehead atoms. The van der Waals surface area contributed by atoms with Crippen LogP contribution in [0.4, 0.5) is 0 Å². The van der Waals surface area contributed by atoms with Crippen LogP contribution in [-0.2, 0) is 4.74 Å². The molecule has 0 spiro atoms. The van der Waals surface area contributed by atoms with Crippen molar-refractivity contribution < 1.29 is 9.47 Å². The lowest BCUT2D eigenvalue weighted by Crippen LogP contribution is -2.08. The van der Waals surface area contributed by atoms with Crippen LogP contribution in [0.2, 0.25) is 0 Å². The molecule has 0 aliphatic carbocycles. The topological polar surface area (TPSA) is 18.5 Å². The molecule has 15 heavy (non-hydrogen) atoms. The quantitative estimate of drug-likeness (QED) is 0.669. The summed E-state index contributed by atoms with van der Waals surface area (Å²) in [6.07, 6.45) is 1.06. The van der Waals surface area contributed by atoms with Crippen LogP contribution >= 0.6 is 0 Å². The van der Waals surface area contributed by atoms with E-state index in [0.29, 0.717) is 13.2 Å². The van der Waals surface area contributed by atoms with Crippen LogP contribution in [0.1, 0.15) is 24.5 Å². The molecule has 0 saturated carbocycles. The monoisotopic (exact) mass is 208 g/mol. The van der Waals surface area contributed by atoms with E-state index in [-0.39, 0.29) is 0 Å². The SMILES string of the molecule is CCCOCCOc1cccc(C)c1C. The third-order valence-electron chi connectivity index (χ3n) is 2.39. The van der Waals surface area contributed by atoms with Crippen LogP contribution in [0.15, 0.2) is 18.2 Å². The van der Waals surface area contributed by atoms with E-state index < -0.39 is 0 Å². The first-order valence-corrected chi connectivity index (χ1v) is 5.52. The Bertz CT molecular complexity index is 295. The van der Waals surface area contributed by atoms with E-state index in [4.69, 9.17) is 9.47 Å². The number of aryl methyl sites for hydroxylation is 1. The first-order chi connectivity index (χ1) is 7.25. The van der Waals surface area contributed by atoms with E-state index in [1.807, 2.05) is 12.1 Å². The van der Waals surface area contributed by atoms with Gasteiger partial charge in [0.25, 0.3) is 0 Å². The standard InChI is InChI=1S/C13H20O2/c1-4-8-14-9-10-15-13-7-5-6-11(2)12(13)3/h5-7H,4,8-10H2,1-3H3. The van der Waals surface area contributed by atoms with Gasteiger partial charge in [-0.15, -0.1) is 0 Å². The molecular formula is C13H20O2. The molecular weight excluding hydrogens is 188 g/mol. The smallest absolute Gasteiger partial charge is 0.122 e. The molecule has 0 N–H and O–H groups in total. The van der Waals surface area contributed by atoms with Crippen molar-refractivity contribution in [3.8, 4) is 5.75 Å². The van der Waals surface area contributed by atoms with E-state index in [1.165, 1.54) is 11.1 Å². The molecule has 84 valence electrons. The highest BCUT2D eigenvalue weighted by atomic mass is 16.5. The molecule has 0 aliphatic heterocycles. The zero-order valence-corrected chi connectivity index (χ0v) is 9.88. The Balaban J connectivity index is 2.34. The minimum atomic E-state index is 0.629. The second-order valence-electron chi connectivity index (χ2n) is 3.66. The molecule has 1 aromatic rings. The molecule has 1 aromatic carbocycles. The lowest BCUT2D eigenvalue weighted by Gasteiger charge is -2.10. The zero-order valence-electron chi connectivity index (χ0n) is 9.88. The normalized spacial score (nSPS) is 10.3. The third-order valence-corrected chi connectivity index (χ3v) is 2.39. The Labute approximate surface area is 92.2 Å². The first kappa shape index (κ1) is 12.1. The maximum Gasteiger partial charge on any atom is 0.122 e. The first-order valence-electron chi connectivity index (χ1n) is 5.52. The average molecular weight is 208 g/mol. The van der Waals surface area contributed by atoms with Crippen molar-refractivity contribution in [2.75, 3.05) is 19.8 Å². The molecule has 0 aromatic heterocycles. The Morgan fingerprint density at radius 2 is 1.87 bits per heavy atom. The highest BCUT2D eigenvalue weighted by Crippen LogP contribution is 2.20. The molecule has 1 rings (SSSR count). The van der Waals surface area contributed by atoms with Gasteiger partial charge in [-0.1, -0.05) is 19.1 Å². The highest BCUT2D eigenvalue weighted by Gasteiger charge is 2.00. The summed E-state index contributed by atoms with van der Waals surface area (Å²) < 4.78 is 11.0. The molecule has 0 saturated heterocycles. The fraction of sp³-hybridized carbons (Fsp3) is 0.538. The molecule has 2 heteroatoms. The van der Waals surface area contributed by atoms with E-state index in [0.717, 1.165) is 18.8 Å². The number of ether oxygens (including phenoxy) is 2. The van der Waals surface area contributed by atoms with Crippen LogP contribution in [-0.4, -0.2) is 19.8 Å². The predicted octanol–water partition coefficient (Wildman–Crippen LogP) is 3.11. The van der Waals surface area contributed by atoms with E-state index in [2.05, 4.69) is 26.8 Å². The summed E-state index contributed by atoms with van der Waals surface area (Å²) in [6, 6.07) is 6.11. The van der Waals surface area contributed by atoms with Crippen molar-refractivity contribution in [2.45, 2.75) is 27.2 Å². The van der Waals surface area contributed by atoms with Gasteiger partial charge in [-0.3, -0.25) is 0 Å². The number of rotatable bonds is 6. The van der Waals surface area contributed by atoms with Gasteiger partial charge in [0.2, 0.25) is 0 Å². The Hall–Kier alpha value is -1.02. The molecule has 0 amide bonds. The summed E-state index contributed by atoms with van der Waals surface area (Å²) in [4.78, 5) is 0. The third kappa shape index (κ3) is 3.92. The van der Waals surface area contributed by atoms with Crippen molar-refractivity contribution in [2.24, 2.45) is 0 Å². The number of benzene rings is 1.